The van der Waals surface area contributed by atoms with Gasteiger partial charge in [-0.3, -0.25) is 14.5 Å². The molecule has 26 heavy (non-hydrogen) atoms. The summed E-state index contributed by atoms with van der Waals surface area (Å²) >= 11 is 0. The van der Waals surface area contributed by atoms with E-state index in [0.717, 1.165) is 5.56 Å². The van der Waals surface area contributed by atoms with Crippen LogP contribution >= 0.6 is 0 Å². The Morgan fingerprint density at radius 1 is 1.19 bits per heavy atom. The van der Waals surface area contributed by atoms with Crippen LogP contribution in [0.15, 0.2) is 30.3 Å². The average Bonchev–Trinajstić information content (AvgIpc) is 2.93. The SMILES string of the molecule is Cc1nc(C)n(CC(=O)N2CCN(Cc3ccccc3)[C@H](C(N)=O)C2)n1. The molecule has 1 saturated heterocycles. The monoisotopic (exact) mass is 356 g/mol. The second-order valence-electron chi connectivity index (χ2n) is 6.58. The Bertz CT molecular complexity index is 788. The highest BCUT2D eigenvalue weighted by Gasteiger charge is 2.33. The first-order chi connectivity index (χ1) is 12.4. The number of carbonyl (C=O) groups excluding carboxylic acids is 2. The van der Waals surface area contributed by atoms with E-state index < -0.39 is 11.9 Å². The van der Waals surface area contributed by atoms with E-state index in [1.165, 1.54) is 0 Å². The summed E-state index contributed by atoms with van der Waals surface area (Å²) in [5, 5.41) is 4.23. The summed E-state index contributed by atoms with van der Waals surface area (Å²) < 4.78 is 1.59. The zero-order valence-electron chi connectivity index (χ0n) is 15.1. The van der Waals surface area contributed by atoms with Crippen molar-refractivity contribution in [3.05, 3.63) is 47.5 Å². The highest BCUT2D eigenvalue weighted by Crippen LogP contribution is 2.15. The van der Waals surface area contributed by atoms with E-state index in [-0.39, 0.29) is 12.5 Å². The first-order valence-corrected chi connectivity index (χ1v) is 8.67. The topological polar surface area (TPSA) is 97.4 Å². The van der Waals surface area contributed by atoms with Crippen molar-refractivity contribution >= 4 is 11.8 Å². The number of primary amides is 1. The second kappa shape index (κ2) is 7.65. The number of aromatic nitrogens is 3. The van der Waals surface area contributed by atoms with Gasteiger partial charge >= 0.3 is 0 Å². The van der Waals surface area contributed by atoms with Gasteiger partial charge in [-0.1, -0.05) is 30.3 Å². The summed E-state index contributed by atoms with van der Waals surface area (Å²) in [7, 11) is 0. The van der Waals surface area contributed by atoms with E-state index in [1.807, 2.05) is 42.2 Å². The number of aryl methyl sites for hydroxylation is 2. The molecule has 0 unspecified atom stereocenters. The molecule has 2 N–H and O–H groups in total. The molecule has 3 rings (SSSR count). The fraction of sp³-hybridized carbons (Fsp3) is 0.444. The van der Waals surface area contributed by atoms with Crippen molar-refractivity contribution < 1.29 is 9.59 Å². The normalized spacial score (nSPS) is 18.1. The average molecular weight is 356 g/mol. The summed E-state index contributed by atoms with van der Waals surface area (Å²) in [5.41, 5.74) is 6.73. The Hall–Kier alpha value is -2.74. The predicted octanol–water partition coefficient (Wildman–Crippen LogP) is 0.0932. The molecule has 0 aliphatic carbocycles. The number of benzene rings is 1. The van der Waals surface area contributed by atoms with Crippen LogP contribution in [0.3, 0.4) is 0 Å². The summed E-state index contributed by atoms with van der Waals surface area (Å²) in [6.07, 6.45) is 0. The Morgan fingerprint density at radius 3 is 2.54 bits per heavy atom. The van der Waals surface area contributed by atoms with E-state index in [4.69, 9.17) is 5.73 Å². The quantitative estimate of drug-likeness (QED) is 0.819. The molecule has 0 saturated carbocycles. The third-order valence-electron chi connectivity index (χ3n) is 4.65. The maximum atomic E-state index is 12.6. The largest absolute Gasteiger partial charge is 0.368 e. The lowest BCUT2D eigenvalue weighted by Gasteiger charge is -2.40. The molecule has 1 aliphatic rings. The predicted molar refractivity (Wildman–Crippen MR) is 95.9 cm³/mol. The fourth-order valence-corrected chi connectivity index (χ4v) is 3.26. The lowest BCUT2D eigenvalue weighted by Crippen LogP contribution is -2.59. The molecule has 1 aromatic carbocycles. The molecule has 1 aromatic heterocycles. The summed E-state index contributed by atoms with van der Waals surface area (Å²) in [4.78, 5) is 32.5. The lowest BCUT2D eigenvalue weighted by atomic mass is 10.1. The summed E-state index contributed by atoms with van der Waals surface area (Å²) in [5.74, 6) is 0.845. The molecule has 1 aliphatic heterocycles. The molecule has 1 fully saturated rings. The molecular formula is C18H24N6O2. The number of hydrogen-bond acceptors (Lipinski definition) is 5. The molecule has 2 aromatic rings. The van der Waals surface area contributed by atoms with Gasteiger partial charge in [0, 0.05) is 26.2 Å². The van der Waals surface area contributed by atoms with Crippen molar-refractivity contribution in [3.63, 3.8) is 0 Å². The van der Waals surface area contributed by atoms with Gasteiger partial charge in [0.15, 0.2) is 0 Å². The van der Waals surface area contributed by atoms with Gasteiger partial charge in [-0.15, -0.1) is 0 Å². The van der Waals surface area contributed by atoms with E-state index in [2.05, 4.69) is 10.1 Å². The minimum Gasteiger partial charge on any atom is -0.368 e. The third-order valence-corrected chi connectivity index (χ3v) is 4.65. The fourth-order valence-electron chi connectivity index (χ4n) is 3.26. The van der Waals surface area contributed by atoms with Crippen molar-refractivity contribution in [1.82, 2.24) is 24.6 Å². The van der Waals surface area contributed by atoms with Gasteiger partial charge < -0.3 is 10.6 Å². The molecule has 138 valence electrons. The van der Waals surface area contributed by atoms with E-state index in [1.54, 1.807) is 16.5 Å². The second-order valence-corrected chi connectivity index (χ2v) is 6.58. The minimum absolute atomic E-state index is 0.0800. The van der Waals surface area contributed by atoms with E-state index in [0.29, 0.717) is 37.8 Å². The molecular weight excluding hydrogens is 332 g/mol. The summed E-state index contributed by atoms with van der Waals surface area (Å²) in [6.45, 7) is 5.82. The highest BCUT2D eigenvalue weighted by molar-refractivity contribution is 5.82. The number of nitrogens with two attached hydrogens (primary N) is 1. The van der Waals surface area contributed by atoms with Crippen molar-refractivity contribution in [2.45, 2.75) is 33.0 Å². The first-order valence-electron chi connectivity index (χ1n) is 8.67. The first kappa shape index (κ1) is 18.1. The maximum Gasteiger partial charge on any atom is 0.244 e. The number of rotatable bonds is 5. The van der Waals surface area contributed by atoms with Gasteiger partial charge in [-0.05, 0) is 19.4 Å². The third kappa shape index (κ3) is 4.08. The van der Waals surface area contributed by atoms with E-state index in [9.17, 15) is 9.59 Å². The Kier molecular flexibility index (Phi) is 5.32. The Balaban J connectivity index is 1.66. The molecule has 0 radical (unpaired) electrons. The molecule has 1 atom stereocenters. The van der Waals surface area contributed by atoms with Gasteiger partial charge in [0.1, 0.15) is 24.2 Å². The Labute approximate surface area is 152 Å². The minimum atomic E-state index is -0.494. The smallest absolute Gasteiger partial charge is 0.244 e. The van der Waals surface area contributed by atoms with Gasteiger partial charge in [-0.25, -0.2) is 9.67 Å². The van der Waals surface area contributed by atoms with Crippen LogP contribution in [0.25, 0.3) is 0 Å². The number of hydrogen-bond donors (Lipinski definition) is 1. The van der Waals surface area contributed by atoms with Crippen LogP contribution in [0.5, 0.6) is 0 Å². The zero-order valence-corrected chi connectivity index (χ0v) is 15.1. The van der Waals surface area contributed by atoms with Gasteiger partial charge in [0.25, 0.3) is 0 Å². The number of nitrogens with zero attached hydrogens (tertiary/aromatic N) is 5. The van der Waals surface area contributed by atoms with Crippen LogP contribution in [0.4, 0.5) is 0 Å². The van der Waals surface area contributed by atoms with E-state index >= 15 is 0 Å². The van der Waals surface area contributed by atoms with Crippen LogP contribution < -0.4 is 5.73 Å². The van der Waals surface area contributed by atoms with Crippen molar-refractivity contribution in [2.24, 2.45) is 5.73 Å². The van der Waals surface area contributed by atoms with Crippen LogP contribution in [0.2, 0.25) is 0 Å². The van der Waals surface area contributed by atoms with Crippen molar-refractivity contribution in [3.8, 4) is 0 Å². The number of amides is 2. The van der Waals surface area contributed by atoms with Gasteiger partial charge in [-0.2, -0.15) is 5.10 Å². The molecule has 2 heterocycles. The van der Waals surface area contributed by atoms with Gasteiger partial charge in [0.2, 0.25) is 11.8 Å². The molecule has 8 nitrogen and oxygen atoms in total. The number of piperazine rings is 1. The highest BCUT2D eigenvalue weighted by atomic mass is 16.2. The molecule has 0 spiro atoms. The Morgan fingerprint density at radius 2 is 1.92 bits per heavy atom. The standard InChI is InChI=1S/C18H24N6O2/c1-13-20-14(2)24(21-13)12-17(25)23-9-8-22(16(11-23)18(19)26)10-15-6-4-3-5-7-15/h3-7,16H,8-12H2,1-2H3,(H2,19,26)/t16-/m0/s1. The molecule has 2 amide bonds. The maximum absolute atomic E-state index is 12.6. The van der Waals surface area contributed by atoms with Gasteiger partial charge in [0.05, 0.1) is 0 Å². The van der Waals surface area contributed by atoms with Crippen LogP contribution in [-0.4, -0.2) is 62.1 Å². The molecule has 8 heteroatoms. The van der Waals surface area contributed by atoms with Crippen LogP contribution in [-0.2, 0) is 22.7 Å². The lowest BCUT2D eigenvalue weighted by molar-refractivity contribution is -0.138. The summed E-state index contributed by atoms with van der Waals surface area (Å²) in [6, 6.07) is 9.44. The van der Waals surface area contributed by atoms with Crippen LogP contribution in [0.1, 0.15) is 17.2 Å². The van der Waals surface area contributed by atoms with Crippen LogP contribution in [0, 0.1) is 13.8 Å². The zero-order chi connectivity index (χ0) is 18.7. The van der Waals surface area contributed by atoms with Crippen molar-refractivity contribution in [2.75, 3.05) is 19.6 Å². The number of carbonyl (C=O) groups is 2. The van der Waals surface area contributed by atoms with Crippen molar-refractivity contribution in [1.29, 1.82) is 0 Å². The molecule has 0 bridgehead atoms.